The molecule has 4 heteroatoms. The average Bonchev–Trinajstić information content (AvgIpc) is 2.54. The average molecular weight is 229 g/mol. The fraction of sp³-hybridized carbons (Fsp3) is 0.500. The number of nitrogens with one attached hydrogen (secondary N) is 1. The van der Waals surface area contributed by atoms with Crippen LogP contribution in [0.25, 0.3) is 0 Å². The minimum Gasteiger partial charge on any atom is -0.313 e. The first-order chi connectivity index (χ1) is 7.43. The molecule has 0 saturated heterocycles. The highest BCUT2D eigenvalue weighted by atomic mass is 19.4. The SMILES string of the molecule is CNC1CC(C)c2cc(C(F)(F)F)ccc21. The molecule has 16 heavy (non-hydrogen) atoms. The first kappa shape index (κ1) is 11.5. The first-order valence-corrected chi connectivity index (χ1v) is 5.31. The van der Waals surface area contributed by atoms with Crippen LogP contribution < -0.4 is 5.32 Å². The number of benzene rings is 1. The largest absolute Gasteiger partial charge is 0.416 e. The summed E-state index contributed by atoms with van der Waals surface area (Å²) >= 11 is 0. The highest BCUT2D eigenvalue weighted by Crippen LogP contribution is 2.42. The highest BCUT2D eigenvalue weighted by molar-refractivity contribution is 5.41. The van der Waals surface area contributed by atoms with Crippen LogP contribution in [0, 0.1) is 0 Å². The van der Waals surface area contributed by atoms with Crippen LogP contribution in [0.4, 0.5) is 13.2 Å². The molecule has 1 aromatic carbocycles. The van der Waals surface area contributed by atoms with Gasteiger partial charge in [-0.2, -0.15) is 13.2 Å². The molecule has 0 fully saturated rings. The molecule has 2 rings (SSSR count). The van der Waals surface area contributed by atoms with Crippen molar-refractivity contribution in [3.63, 3.8) is 0 Å². The summed E-state index contributed by atoms with van der Waals surface area (Å²) in [7, 11) is 1.84. The molecule has 2 atom stereocenters. The van der Waals surface area contributed by atoms with E-state index in [2.05, 4.69) is 5.32 Å². The van der Waals surface area contributed by atoms with Gasteiger partial charge in [-0.15, -0.1) is 0 Å². The van der Waals surface area contributed by atoms with Gasteiger partial charge in [-0.25, -0.2) is 0 Å². The molecule has 1 aliphatic rings. The van der Waals surface area contributed by atoms with Gasteiger partial charge in [0, 0.05) is 6.04 Å². The maximum absolute atomic E-state index is 12.5. The van der Waals surface area contributed by atoms with Gasteiger partial charge < -0.3 is 5.32 Å². The number of halogens is 3. The Bertz CT molecular complexity index is 398. The lowest BCUT2D eigenvalue weighted by Gasteiger charge is -2.12. The van der Waals surface area contributed by atoms with Gasteiger partial charge in [0.05, 0.1) is 5.56 Å². The van der Waals surface area contributed by atoms with Crippen molar-refractivity contribution < 1.29 is 13.2 Å². The molecule has 1 aliphatic carbocycles. The number of rotatable bonds is 1. The monoisotopic (exact) mass is 229 g/mol. The molecule has 0 amide bonds. The smallest absolute Gasteiger partial charge is 0.313 e. The molecule has 0 aromatic heterocycles. The Labute approximate surface area is 92.7 Å². The molecule has 88 valence electrons. The van der Waals surface area contributed by atoms with Crippen LogP contribution in [-0.4, -0.2) is 7.05 Å². The second kappa shape index (κ2) is 3.77. The zero-order valence-corrected chi connectivity index (χ0v) is 9.23. The Hall–Kier alpha value is -1.03. The Morgan fingerprint density at radius 2 is 1.94 bits per heavy atom. The molecule has 0 saturated carbocycles. The van der Waals surface area contributed by atoms with E-state index < -0.39 is 11.7 Å². The van der Waals surface area contributed by atoms with Gasteiger partial charge in [-0.1, -0.05) is 13.0 Å². The fourth-order valence-corrected chi connectivity index (χ4v) is 2.38. The minimum absolute atomic E-state index is 0.187. The van der Waals surface area contributed by atoms with Crippen molar-refractivity contribution in [2.45, 2.75) is 31.5 Å². The maximum Gasteiger partial charge on any atom is 0.416 e. The molecule has 1 aromatic rings. The van der Waals surface area contributed by atoms with E-state index in [1.165, 1.54) is 12.1 Å². The summed E-state index contributed by atoms with van der Waals surface area (Å²) in [5, 5.41) is 3.13. The molecule has 0 radical (unpaired) electrons. The summed E-state index contributed by atoms with van der Waals surface area (Å²) in [6.45, 7) is 1.97. The lowest BCUT2D eigenvalue weighted by Crippen LogP contribution is -2.13. The van der Waals surface area contributed by atoms with Gasteiger partial charge in [-0.05, 0) is 42.6 Å². The van der Waals surface area contributed by atoms with Gasteiger partial charge in [0.15, 0.2) is 0 Å². The van der Waals surface area contributed by atoms with Crippen molar-refractivity contribution in [3.8, 4) is 0 Å². The number of hydrogen-bond acceptors (Lipinski definition) is 1. The van der Waals surface area contributed by atoms with Crippen molar-refractivity contribution in [3.05, 3.63) is 34.9 Å². The van der Waals surface area contributed by atoms with Crippen molar-refractivity contribution >= 4 is 0 Å². The van der Waals surface area contributed by atoms with E-state index in [1.807, 2.05) is 14.0 Å². The Balaban J connectivity index is 2.44. The molecular formula is C12H14F3N. The molecule has 0 aliphatic heterocycles. The van der Waals surface area contributed by atoms with Gasteiger partial charge in [-0.3, -0.25) is 0 Å². The van der Waals surface area contributed by atoms with E-state index in [-0.39, 0.29) is 12.0 Å². The third-order valence-electron chi connectivity index (χ3n) is 3.26. The second-order valence-electron chi connectivity index (χ2n) is 4.32. The van der Waals surface area contributed by atoms with Gasteiger partial charge in [0.1, 0.15) is 0 Å². The molecule has 0 spiro atoms. The molecule has 1 N–H and O–H groups in total. The second-order valence-corrected chi connectivity index (χ2v) is 4.32. The topological polar surface area (TPSA) is 12.0 Å². The van der Waals surface area contributed by atoms with Crippen LogP contribution in [0.5, 0.6) is 0 Å². The first-order valence-electron chi connectivity index (χ1n) is 5.31. The Kier molecular flexibility index (Phi) is 2.70. The molecule has 0 heterocycles. The highest BCUT2D eigenvalue weighted by Gasteiger charge is 2.34. The molecule has 0 bridgehead atoms. The van der Waals surface area contributed by atoms with Crippen molar-refractivity contribution in [1.29, 1.82) is 0 Å². The summed E-state index contributed by atoms with van der Waals surface area (Å²) in [4.78, 5) is 0. The van der Waals surface area contributed by atoms with E-state index in [0.717, 1.165) is 17.5 Å². The third kappa shape index (κ3) is 1.82. The fourth-order valence-electron chi connectivity index (χ4n) is 2.38. The summed E-state index contributed by atoms with van der Waals surface area (Å²) in [5.74, 6) is 0.190. The number of fused-ring (bicyclic) bond motifs is 1. The van der Waals surface area contributed by atoms with Crippen molar-refractivity contribution in [2.24, 2.45) is 0 Å². The van der Waals surface area contributed by atoms with Crippen LogP contribution in [0.3, 0.4) is 0 Å². The quantitative estimate of drug-likeness (QED) is 0.777. The summed E-state index contributed by atoms with van der Waals surface area (Å²) < 4.78 is 37.6. The predicted molar refractivity (Wildman–Crippen MR) is 56.3 cm³/mol. The number of hydrogen-bond donors (Lipinski definition) is 1. The van der Waals surface area contributed by atoms with Gasteiger partial charge >= 0.3 is 6.18 Å². The molecular weight excluding hydrogens is 215 g/mol. The number of alkyl halides is 3. The summed E-state index contributed by atoms with van der Waals surface area (Å²) in [6, 6.07) is 4.24. The molecule has 1 nitrogen and oxygen atoms in total. The predicted octanol–water partition coefficient (Wildman–Crippen LogP) is 3.47. The van der Waals surface area contributed by atoms with Crippen LogP contribution >= 0.6 is 0 Å². The summed E-state index contributed by atoms with van der Waals surface area (Å²) in [5.41, 5.74) is 1.28. The van der Waals surface area contributed by atoms with Crippen LogP contribution in [0.1, 0.15) is 42.0 Å². The van der Waals surface area contributed by atoms with Crippen LogP contribution in [-0.2, 0) is 6.18 Å². The van der Waals surface area contributed by atoms with E-state index in [9.17, 15) is 13.2 Å². The van der Waals surface area contributed by atoms with E-state index in [0.29, 0.717) is 0 Å². The summed E-state index contributed by atoms with van der Waals surface area (Å²) in [6.07, 6.45) is -3.38. The standard InChI is InChI=1S/C12H14F3N/c1-7-5-11(16-2)9-4-3-8(6-10(7)9)12(13,14)15/h3-4,6-7,11,16H,5H2,1-2H3. The van der Waals surface area contributed by atoms with Crippen molar-refractivity contribution in [1.82, 2.24) is 5.32 Å². The third-order valence-corrected chi connectivity index (χ3v) is 3.26. The van der Waals surface area contributed by atoms with E-state index >= 15 is 0 Å². The maximum atomic E-state index is 12.5. The molecule has 2 unspecified atom stereocenters. The lowest BCUT2D eigenvalue weighted by molar-refractivity contribution is -0.137. The van der Waals surface area contributed by atoms with Gasteiger partial charge in [0.2, 0.25) is 0 Å². The zero-order chi connectivity index (χ0) is 11.9. The van der Waals surface area contributed by atoms with Crippen molar-refractivity contribution in [2.75, 3.05) is 7.05 Å². The Morgan fingerprint density at radius 3 is 2.50 bits per heavy atom. The van der Waals surface area contributed by atoms with Crippen LogP contribution in [0.2, 0.25) is 0 Å². The van der Waals surface area contributed by atoms with Gasteiger partial charge in [0.25, 0.3) is 0 Å². The van der Waals surface area contributed by atoms with E-state index in [1.54, 1.807) is 6.07 Å². The Morgan fingerprint density at radius 1 is 1.25 bits per heavy atom. The minimum atomic E-state index is -4.24. The van der Waals surface area contributed by atoms with E-state index in [4.69, 9.17) is 0 Å². The van der Waals surface area contributed by atoms with Crippen LogP contribution in [0.15, 0.2) is 18.2 Å². The normalized spacial score (nSPS) is 24.6. The lowest BCUT2D eigenvalue weighted by atomic mass is 10.0. The zero-order valence-electron chi connectivity index (χ0n) is 9.23.